The molecule has 0 amide bonds. The fraction of sp³-hybridized carbons (Fsp3) is 0.238. The molecular weight excluding hydrogens is 378 g/mol. The van der Waals surface area contributed by atoms with E-state index in [0.29, 0.717) is 5.66 Å². The molecule has 4 aromatic rings. The predicted molar refractivity (Wildman–Crippen MR) is 111 cm³/mol. The minimum absolute atomic E-state index is 0.406. The van der Waals surface area contributed by atoms with Crippen LogP contribution in [0.2, 0.25) is 0 Å². The van der Waals surface area contributed by atoms with Crippen molar-refractivity contribution in [2.45, 2.75) is 25.4 Å². The Morgan fingerprint density at radius 2 is 1.15 bits per heavy atom. The monoisotopic (exact) mass is 400 g/mol. The van der Waals surface area contributed by atoms with Crippen molar-refractivity contribution < 1.29 is 17.7 Å². The van der Waals surface area contributed by atoms with E-state index in [1.807, 2.05) is 24.3 Å². The molecule has 1 atom stereocenters. The lowest BCUT2D eigenvalue weighted by Gasteiger charge is -2.27. The number of hydrogen-bond acceptors (Lipinski definition) is 4. The minimum Gasteiger partial charge on any atom is -0.464 e. The van der Waals surface area contributed by atoms with Gasteiger partial charge < -0.3 is 17.7 Å². The molecule has 0 saturated heterocycles. The number of furan rings is 4. The molecule has 0 aliphatic carbocycles. The third-order valence-corrected chi connectivity index (χ3v) is 9.71. The molecule has 0 radical (unpaired) electrons. The first-order valence-corrected chi connectivity index (χ1v) is 12.0. The Balaban J connectivity index is 1.70. The van der Waals surface area contributed by atoms with Crippen LogP contribution in [0.5, 0.6) is 0 Å². The Morgan fingerprint density at radius 3 is 1.52 bits per heavy atom. The third kappa shape index (κ3) is 4.13. The van der Waals surface area contributed by atoms with Crippen LogP contribution in [0.1, 0.15) is 19.8 Å². The highest BCUT2D eigenvalue weighted by Crippen LogP contribution is 2.48. The van der Waals surface area contributed by atoms with E-state index in [1.165, 1.54) is 0 Å². The van der Waals surface area contributed by atoms with E-state index in [2.05, 4.69) is 31.2 Å². The van der Waals surface area contributed by atoms with E-state index in [1.54, 1.807) is 25.1 Å². The average Bonchev–Trinajstić information content (AvgIpc) is 3.50. The molecule has 4 aromatic heterocycles. The van der Waals surface area contributed by atoms with E-state index in [-0.39, 0.29) is 0 Å². The van der Waals surface area contributed by atoms with E-state index >= 15 is 0 Å². The third-order valence-electron chi connectivity index (χ3n) is 4.41. The van der Waals surface area contributed by atoms with Crippen LogP contribution in [-0.2, 0) is 0 Å². The summed E-state index contributed by atoms with van der Waals surface area (Å²) >= 11 is 0. The van der Waals surface area contributed by atoms with Gasteiger partial charge in [0.15, 0.2) is 0 Å². The molecule has 4 heterocycles. The second kappa shape index (κ2) is 8.78. The van der Waals surface area contributed by atoms with Gasteiger partial charge in [0.05, 0.1) is 25.1 Å². The Labute approximate surface area is 161 Å². The zero-order valence-electron chi connectivity index (χ0n) is 15.2. The zero-order chi connectivity index (χ0) is 18.5. The summed E-state index contributed by atoms with van der Waals surface area (Å²) in [7, 11) is -1.44. The summed E-state index contributed by atoms with van der Waals surface area (Å²) in [5, 5.41) is 0. The predicted octanol–water partition coefficient (Wildman–Crippen LogP) is 4.79. The summed E-state index contributed by atoms with van der Waals surface area (Å²) in [4.78, 5) is 0. The summed E-state index contributed by atoms with van der Waals surface area (Å²) in [6.07, 6.45) is 10.1. The summed E-state index contributed by atoms with van der Waals surface area (Å²) in [6, 6.07) is 16.1. The summed E-state index contributed by atoms with van der Waals surface area (Å²) in [5.74, 6) is 0. The molecule has 1 unspecified atom stereocenters. The summed E-state index contributed by atoms with van der Waals surface area (Å²) in [6.45, 7) is 2.23. The maximum absolute atomic E-state index is 5.84. The van der Waals surface area contributed by atoms with Gasteiger partial charge in [-0.05, 0) is 66.8 Å². The van der Waals surface area contributed by atoms with E-state index in [4.69, 9.17) is 17.7 Å². The van der Waals surface area contributed by atoms with Crippen LogP contribution in [-0.4, -0.2) is 11.8 Å². The highest BCUT2D eigenvalue weighted by atomic mass is 31.1. The Morgan fingerprint density at radius 1 is 0.704 bits per heavy atom. The molecule has 6 heteroatoms. The molecule has 4 rings (SSSR count). The van der Waals surface area contributed by atoms with E-state index < -0.39 is 15.8 Å². The SMILES string of the molecule is CCCC(CP(c1ccco1)c1ccco1)P(c1ccco1)c1ccco1. The fourth-order valence-corrected chi connectivity index (χ4v) is 8.79. The van der Waals surface area contributed by atoms with Crippen LogP contribution in [0.25, 0.3) is 0 Å². The Hall–Kier alpha value is -2.02. The normalized spacial score (nSPS) is 12.9. The quantitative estimate of drug-likeness (QED) is 0.379. The lowest BCUT2D eigenvalue weighted by atomic mass is 10.3. The lowest BCUT2D eigenvalue weighted by molar-refractivity contribution is 0.587. The standard InChI is InChI=1S/C21H22O4P2/c1-2-7-17(27(20-10-5-14-24-20)21-11-6-15-25-21)16-26(18-8-3-12-22-18)19-9-4-13-23-19/h3-6,8-15,17H,2,7,16H2,1H3. The second-order valence-corrected chi connectivity index (χ2v) is 10.7. The van der Waals surface area contributed by atoms with Crippen molar-refractivity contribution in [3.8, 4) is 0 Å². The summed E-state index contributed by atoms with van der Waals surface area (Å²) < 4.78 is 23.3. The Kier molecular flexibility index (Phi) is 5.97. The van der Waals surface area contributed by atoms with Crippen molar-refractivity contribution in [1.29, 1.82) is 0 Å². The molecule has 27 heavy (non-hydrogen) atoms. The minimum atomic E-state index is -0.731. The van der Waals surface area contributed by atoms with Crippen LogP contribution in [0.3, 0.4) is 0 Å². The van der Waals surface area contributed by atoms with Gasteiger partial charge in [0.25, 0.3) is 0 Å². The van der Waals surface area contributed by atoms with Crippen molar-refractivity contribution in [3.05, 3.63) is 73.6 Å². The lowest BCUT2D eigenvalue weighted by Crippen LogP contribution is -2.26. The molecule has 0 bridgehead atoms. The van der Waals surface area contributed by atoms with E-state index in [0.717, 1.165) is 41.0 Å². The van der Waals surface area contributed by atoms with Crippen LogP contribution in [0.15, 0.2) is 91.3 Å². The first kappa shape index (κ1) is 18.3. The van der Waals surface area contributed by atoms with Gasteiger partial charge >= 0.3 is 0 Å². The number of rotatable bonds is 9. The number of hydrogen-bond donors (Lipinski definition) is 0. The second-order valence-electron chi connectivity index (χ2n) is 6.23. The van der Waals surface area contributed by atoms with Crippen molar-refractivity contribution in [2.75, 3.05) is 6.16 Å². The van der Waals surface area contributed by atoms with Crippen LogP contribution in [0.4, 0.5) is 0 Å². The summed E-state index contributed by atoms with van der Waals surface area (Å²) in [5.41, 5.74) is 4.41. The highest BCUT2D eigenvalue weighted by molar-refractivity contribution is 7.76. The zero-order valence-corrected chi connectivity index (χ0v) is 16.9. The van der Waals surface area contributed by atoms with Crippen molar-refractivity contribution in [3.63, 3.8) is 0 Å². The smallest absolute Gasteiger partial charge is 0.133 e. The van der Waals surface area contributed by atoms with Gasteiger partial charge in [-0.3, -0.25) is 0 Å². The fourth-order valence-electron chi connectivity index (χ4n) is 3.26. The highest BCUT2D eigenvalue weighted by Gasteiger charge is 2.33. The topological polar surface area (TPSA) is 52.6 Å². The molecule has 0 saturated carbocycles. The van der Waals surface area contributed by atoms with Crippen LogP contribution in [0, 0.1) is 0 Å². The molecular formula is C21H22O4P2. The molecule has 0 aliphatic heterocycles. The van der Waals surface area contributed by atoms with Gasteiger partial charge in [0.2, 0.25) is 0 Å². The van der Waals surface area contributed by atoms with Crippen molar-refractivity contribution >= 4 is 37.8 Å². The van der Waals surface area contributed by atoms with E-state index in [9.17, 15) is 0 Å². The van der Waals surface area contributed by atoms with Gasteiger partial charge in [-0.2, -0.15) is 0 Å². The molecule has 0 spiro atoms. The average molecular weight is 400 g/mol. The van der Waals surface area contributed by atoms with Crippen LogP contribution < -0.4 is 22.0 Å². The van der Waals surface area contributed by atoms with Gasteiger partial charge in [0.1, 0.15) is 22.0 Å². The molecule has 0 aromatic carbocycles. The molecule has 140 valence electrons. The largest absolute Gasteiger partial charge is 0.464 e. The molecule has 0 aliphatic rings. The molecule has 0 N–H and O–H groups in total. The maximum atomic E-state index is 5.84. The van der Waals surface area contributed by atoms with Gasteiger partial charge in [-0.1, -0.05) is 13.3 Å². The first-order chi connectivity index (χ1) is 13.4. The van der Waals surface area contributed by atoms with Gasteiger partial charge in [0, 0.05) is 15.8 Å². The van der Waals surface area contributed by atoms with Crippen LogP contribution >= 0.6 is 15.8 Å². The molecule has 0 fully saturated rings. The first-order valence-electron chi connectivity index (χ1n) is 9.07. The van der Waals surface area contributed by atoms with Crippen molar-refractivity contribution in [1.82, 2.24) is 0 Å². The molecule has 4 nitrogen and oxygen atoms in total. The van der Waals surface area contributed by atoms with Gasteiger partial charge in [-0.25, -0.2) is 0 Å². The van der Waals surface area contributed by atoms with Gasteiger partial charge in [-0.15, -0.1) is 0 Å². The van der Waals surface area contributed by atoms with Crippen molar-refractivity contribution in [2.24, 2.45) is 0 Å². The Bertz CT molecular complexity index is 812. The maximum Gasteiger partial charge on any atom is 0.133 e.